The minimum atomic E-state index is -3.93. The standard InChI is InChI=1S/C34H44FN7O6S/c1-34(2,3)48-33(45)36-28-12-16-41(21-27(28)35)49(46,47)25-7-5-6-22(18-25)20-40-14-10-23(11-15-40)24-8-9-26-29(19-24)39(4)38-31(26)42-17-13-30(43)37-32(42)44/h5-9,18-19,23,27-28H,10-17,20-21H2,1-4H3,(H,36,45)(H,37,43,44)/t27-,28+/m1/s1. The second kappa shape index (κ2) is 13.7. The molecule has 13 nitrogen and oxygen atoms in total. The molecule has 3 aliphatic rings. The number of rotatable bonds is 7. The molecule has 3 saturated heterocycles. The Morgan fingerprint density at radius 1 is 1.06 bits per heavy atom. The van der Waals surface area contributed by atoms with E-state index >= 15 is 4.39 Å². The summed E-state index contributed by atoms with van der Waals surface area (Å²) >= 11 is 0. The van der Waals surface area contributed by atoms with Gasteiger partial charge in [0.1, 0.15) is 11.8 Å². The Kier molecular flexibility index (Phi) is 9.70. The van der Waals surface area contributed by atoms with Gasteiger partial charge in [-0.25, -0.2) is 22.4 Å². The van der Waals surface area contributed by atoms with Gasteiger partial charge in [-0.3, -0.25) is 24.6 Å². The number of anilines is 1. The maximum Gasteiger partial charge on any atom is 0.407 e. The highest BCUT2D eigenvalue weighted by molar-refractivity contribution is 7.89. The fourth-order valence-electron chi connectivity index (χ4n) is 6.83. The lowest BCUT2D eigenvalue weighted by Gasteiger charge is -2.34. The quantitative estimate of drug-likeness (QED) is 0.377. The number of aryl methyl sites for hydroxylation is 1. The number of nitrogens with zero attached hydrogens (tertiary/aromatic N) is 5. The summed E-state index contributed by atoms with van der Waals surface area (Å²) in [5.74, 6) is 0.590. The van der Waals surface area contributed by atoms with Crippen molar-refractivity contribution in [1.29, 1.82) is 0 Å². The number of likely N-dealkylation sites (tertiary alicyclic amines) is 1. The molecule has 4 heterocycles. The number of piperidine rings is 2. The number of hydrogen-bond acceptors (Lipinski definition) is 8. The first kappa shape index (κ1) is 34.8. The summed E-state index contributed by atoms with van der Waals surface area (Å²) in [6.07, 6.45) is -0.0636. The van der Waals surface area contributed by atoms with Gasteiger partial charge in [0.05, 0.1) is 16.5 Å². The van der Waals surface area contributed by atoms with Gasteiger partial charge >= 0.3 is 12.1 Å². The predicted octanol–water partition coefficient (Wildman–Crippen LogP) is 4.03. The summed E-state index contributed by atoms with van der Waals surface area (Å²) in [6, 6.07) is 11.8. The summed E-state index contributed by atoms with van der Waals surface area (Å²) in [4.78, 5) is 40.1. The molecule has 264 valence electrons. The molecule has 0 unspecified atom stereocenters. The van der Waals surface area contributed by atoms with Gasteiger partial charge < -0.3 is 10.1 Å². The van der Waals surface area contributed by atoms with Crippen molar-refractivity contribution in [3.05, 3.63) is 53.6 Å². The molecule has 2 aromatic carbocycles. The number of alkyl carbamates (subject to hydrolysis) is 1. The maximum atomic E-state index is 15.1. The van der Waals surface area contributed by atoms with Crippen molar-refractivity contribution in [2.75, 3.05) is 37.6 Å². The number of amides is 4. The Labute approximate surface area is 285 Å². The summed E-state index contributed by atoms with van der Waals surface area (Å²) in [7, 11) is -2.08. The zero-order chi connectivity index (χ0) is 35.1. The number of imide groups is 1. The first-order valence-corrected chi connectivity index (χ1v) is 18.1. The van der Waals surface area contributed by atoms with Crippen LogP contribution in [0, 0.1) is 0 Å². The smallest absolute Gasteiger partial charge is 0.407 e. The van der Waals surface area contributed by atoms with E-state index in [1.165, 1.54) is 10.5 Å². The van der Waals surface area contributed by atoms with E-state index < -0.39 is 40.0 Å². The molecule has 0 saturated carbocycles. The van der Waals surface area contributed by atoms with Crippen LogP contribution in [0.25, 0.3) is 10.9 Å². The van der Waals surface area contributed by atoms with E-state index in [1.54, 1.807) is 43.7 Å². The number of hydrogen-bond donors (Lipinski definition) is 2. The number of carbonyl (C=O) groups is 3. The normalized spacial score (nSPS) is 21.9. The minimum Gasteiger partial charge on any atom is -0.444 e. The van der Waals surface area contributed by atoms with Crippen LogP contribution >= 0.6 is 0 Å². The second-order valence-corrected chi connectivity index (χ2v) is 16.0. The van der Waals surface area contributed by atoms with Gasteiger partial charge in [0, 0.05) is 45.0 Å². The number of benzene rings is 2. The van der Waals surface area contributed by atoms with Crippen molar-refractivity contribution in [1.82, 2.24) is 29.6 Å². The fraction of sp³-hybridized carbons (Fsp3) is 0.529. The van der Waals surface area contributed by atoms with E-state index in [0.29, 0.717) is 18.3 Å². The van der Waals surface area contributed by atoms with Gasteiger partial charge in [0.25, 0.3) is 0 Å². The topological polar surface area (TPSA) is 146 Å². The van der Waals surface area contributed by atoms with Crippen LogP contribution in [0.4, 0.5) is 19.8 Å². The molecule has 1 aromatic heterocycles. The molecule has 0 radical (unpaired) electrons. The molecule has 4 amide bonds. The van der Waals surface area contributed by atoms with E-state index in [4.69, 9.17) is 4.74 Å². The molecule has 15 heteroatoms. The molecule has 49 heavy (non-hydrogen) atoms. The number of carbonyl (C=O) groups excluding carboxylic acids is 3. The molecule has 0 bridgehead atoms. The van der Waals surface area contributed by atoms with Crippen LogP contribution < -0.4 is 15.5 Å². The Morgan fingerprint density at radius 3 is 2.51 bits per heavy atom. The molecular weight excluding hydrogens is 653 g/mol. The number of aromatic nitrogens is 2. The van der Waals surface area contributed by atoms with Crippen molar-refractivity contribution in [3.8, 4) is 0 Å². The lowest BCUT2D eigenvalue weighted by molar-refractivity contribution is -0.120. The van der Waals surface area contributed by atoms with Crippen LogP contribution in [0.1, 0.15) is 63.5 Å². The number of fused-ring (bicyclic) bond motifs is 1. The highest BCUT2D eigenvalue weighted by Gasteiger charge is 2.37. The number of ether oxygens (including phenoxy) is 1. The number of alkyl halides is 1. The molecule has 2 atom stereocenters. The lowest BCUT2D eigenvalue weighted by atomic mass is 9.89. The first-order valence-electron chi connectivity index (χ1n) is 16.7. The number of nitrogens with one attached hydrogen (secondary N) is 2. The van der Waals surface area contributed by atoms with Crippen LogP contribution in [0.3, 0.4) is 0 Å². The van der Waals surface area contributed by atoms with Crippen molar-refractivity contribution in [2.45, 2.75) is 81.6 Å². The minimum absolute atomic E-state index is 0.0848. The third-order valence-electron chi connectivity index (χ3n) is 9.37. The number of halogens is 1. The maximum absolute atomic E-state index is 15.1. The third-order valence-corrected chi connectivity index (χ3v) is 11.2. The average molecular weight is 698 g/mol. The van der Waals surface area contributed by atoms with Gasteiger partial charge in [-0.15, -0.1) is 0 Å². The second-order valence-electron chi connectivity index (χ2n) is 14.1. The molecule has 0 spiro atoms. The van der Waals surface area contributed by atoms with Crippen molar-refractivity contribution in [3.63, 3.8) is 0 Å². The predicted molar refractivity (Wildman–Crippen MR) is 181 cm³/mol. The van der Waals surface area contributed by atoms with E-state index in [0.717, 1.165) is 46.7 Å². The van der Waals surface area contributed by atoms with Crippen molar-refractivity contribution in [2.24, 2.45) is 7.05 Å². The van der Waals surface area contributed by atoms with Crippen LogP contribution in [-0.2, 0) is 33.1 Å². The van der Waals surface area contributed by atoms with E-state index in [9.17, 15) is 22.8 Å². The van der Waals surface area contributed by atoms with Crippen LogP contribution in [0.15, 0.2) is 47.4 Å². The molecular formula is C34H44FN7O6S. The molecule has 3 aliphatic heterocycles. The largest absolute Gasteiger partial charge is 0.444 e. The van der Waals surface area contributed by atoms with Gasteiger partial charge in [-0.1, -0.05) is 18.2 Å². The molecule has 6 rings (SSSR count). The first-order chi connectivity index (χ1) is 23.2. The Morgan fingerprint density at radius 2 is 1.82 bits per heavy atom. The Bertz CT molecular complexity index is 1850. The lowest BCUT2D eigenvalue weighted by Crippen LogP contribution is -2.54. The summed E-state index contributed by atoms with van der Waals surface area (Å²) in [6.45, 7) is 7.45. The molecule has 2 N–H and O–H groups in total. The SMILES string of the molecule is Cn1nc(N2CCC(=O)NC2=O)c2ccc(C3CCN(Cc4cccc(S(=O)(=O)N5CC[C@H](NC(=O)OC(C)(C)C)[C@H](F)C5)c4)CC3)cc21. The van der Waals surface area contributed by atoms with E-state index in [2.05, 4.69) is 32.8 Å². The fourth-order valence-corrected chi connectivity index (χ4v) is 8.36. The monoisotopic (exact) mass is 697 g/mol. The van der Waals surface area contributed by atoms with E-state index in [-0.39, 0.29) is 43.3 Å². The van der Waals surface area contributed by atoms with Gasteiger partial charge in [0.2, 0.25) is 15.9 Å². The third kappa shape index (κ3) is 7.73. The van der Waals surface area contributed by atoms with Gasteiger partial charge in [-0.05, 0) is 94.4 Å². The molecule has 0 aliphatic carbocycles. The van der Waals surface area contributed by atoms with Crippen molar-refractivity contribution >= 4 is 44.8 Å². The number of sulfonamides is 1. The summed E-state index contributed by atoms with van der Waals surface area (Å²) in [5.41, 5.74) is 2.26. The van der Waals surface area contributed by atoms with Crippen LogP contribution in [-0.4, -0.2) is 96.0 Å². The van der Waals surface area contributed by atoms with Gasteiger partial charge in [0.15, 0.2) is 5.82 Å². The highest BCUT2D eigenvalue weighted by Crippen LogP contribution is 2.34. The highest BCUT2D eigenvalue weighted by atomic mass is 32.2. The summed E-state index contributed by atoms with van der Waals surface area (Å²) in [5, 5.41) is 10.3. The van der Waals surface area contributed by atoms with Crippen LogP contribution in [0.5, 0.6) is 0 Å². The Hall–Kier alpha value is -4.08. The zero-order valence-electron chi connectivity index (χ0n) is 28.3. The average Bonchev–Trinajstić information content (AvgIpc) is 3.36. The Balaban J connectivity index is 1.05. The number of urea groups is 1. The summed E-state index contributed by atoms with van der Waals surface area (Å²) < 4.78 is 50.3. The molecule has 3 fully saturated rings. The molecule has 3 aromatic rings. The van der Waals surface area contributed by atoms with Crippen molar-refractivity contribution < 1.29 is 31.9 Å². The zero-order valence-corrected chi connectivity index (χ0v) is 29.1. The van der Waals surface area contributed by atoms with E-state index in [1.807, 2.05) is 19.2 Å². The van der Waals surface area contributed by atoms with Crippen LogP contribution in [0.2, 0.25) is 0 Å². The van der Waals surface area contributed by atoms with Gasteiger partial charge in [-0.2, -0.15) is 9.40 Å².